The van der Waals surface area contributed by atoms with Gasteiger partial charge in [0.2, 0.25) is 10.0 Å². The van der Waals surface area contributed by atoms with Gasteiger partial charge in [0, 0.05) is 38.8 Å². The molecule has 1 aliphatic heterocycles. The van der Waals surface area contributed by atoms with Crippen molar-refractivity contribution in [1.29, 1.82) is 0 Å². The summed E-state index contributed by atoms with van der Waals surface area (Å²) in [7, 11) is -3.44. The van der Waals surface area contributed by atoms with Crippen LogP contribution in [0.5, 0.6) is 0 Å². The van der Waals surface area contributed by atoms with E-state index in [1.54, 1.807) is 15.2 Å². The fraction of sp³-hybridized carbons (Fsp3) is 0.706. The van der Waals surface area contributed by atoms with Crippen LogP contribution in [0.4, 0.5) is 0 Å². The number of rotatable bonds is 7. The molecule has 0 amide bonds. The molecule has 2 aliphatic rings. The Labute approximate surface area is 154 Å². The summed E-state index contributed by atoms with van der Waals surface area (Å²) in [6.45, 7) is 4.75. The largest absolute Gasteiger partial charge is 0.317 e. The molecule has 1 aliphatic carbocycles. The van der Waals surface area contributed by atoms with Gasteiger partial charge in [-0.05, 0) is 44.4 Å². The van der Waals surface area contributed by atoms with Crippen molar-refractivity contribution in [3.63, 3.8) is 0 Å². The number of piperidine rings is 1. The van der Waals surface area contributed by atoms with Crippen LogP contribution < -0.4 is 0 Å². The summed E-state index contributed by atoms with van der Waals surface area (Å²) < 4.78 is 31.0. The molecule has 0 aromatic carbocycles. The molecule has 0 unspecified atom stereocenters. The Hall–Kier alpha value is -1.74. The molecule has 2 aromatic rings. The number of hydrogen-bond acceptors (Lipinski definition) is 5. The second-order valence-corrected chi connectivity index (χ2v) is 9.36. The monoisotopic (exact) mass is 378 g/mol. The van der Waals surface area contributed by atoms with Crippen LogP contribution in [0.3, 0.4) is 0 Å². The highest BCUT2D eigenvalue weighted by Crippen LogP contribution is 2.31. The van der Waals surface area contributed by atoms with Crippen molar-refractivity contribution in [2.75, 3.05) is 13.1 Å². The Morgan fingerprint density at radius 1 is 1.15 bits per heavy atom. The van der Waals surface area contributed by atoms with Gasteiger partial charge in [-0.1, -0.05) is 0 Å². The van der Waals surface area contributed by atoms with Crippen LogP contribution in [-0.4, -0.2) is 50.4 Å². The number of hydrogen-bond donors (Lipinski definition) is 0. The van der Waals surface area contributed by atoms with Crippen molar-refractivity contribution in [3.8, 4) is 0 Å². The van der Waals surface area contributed by atoms with E-state index in [9.17, 15) is 8.42 Å². The quantitative estimate of drug-likeness (QED) is 0.730. The number of sulfonamides is 1. The molecular weight excluding hydrogens is 352 g/mol. The van der Waals surface area contributed by atoms with Crippen LogP contribution in [0.25, 0.3) is 0 Å². The van der Waals surface area contributed by atoms with Gasteiger partial charge in [-0.25, -0.2) is 8.42 Å². The van der Waals surface area contributed by atoms with Crippen LogP contribution in [0.15, 0.2) is 23.6 Å². The Morgan fingerprint density at radius 2 is 1.92 bits per heavy atom. The predicted molar refractivity (Wildman–Crippen MR) is 95.8 cm³/mol. The second kappa shape index (κ2) is 7.11. The van der Waals surface area contributed by atoms with E-state index in [0.29, 0.717) is 30.4 Å². The molecular formula is C17H26N6O2S. The van der Waals surface area contributed by atoms with Gasteiger partial charge in [0.15, 0.2) is 0 Å². The van der Waals surface area contributed by atoms with Gasteiger partial charge >= 0.3 is 0 Å². The minimum absolute atomic E-state index is 0.293. The molecule has 0 bridgehead atoms. The van der Waals surface area contributed by atoms with Crippen LogP contribution >= 0.6 is 0 Å². The highest BCUT2D eigenvalue weighted by Gasteiger charge is 2.31. The zero-order chi connectivity index (χ0) is 18.1. The maximum Gasteiger partial charge on any atom is 0.246 e. The normalized spacial score (nSPS) is 19.9. The standard InChI is InChI=1S/C17H26N6O2S/c1-2-22-12-16(10-19-22)26(24,25)23-7-5-14(6-8-23)9-17-20-18-13-21(17)11-15-3-4-15/h10,12-15H,2-9,11H2,1H3. The van der Waals surface area contributed by atoms with Gasteiger partial charge in [-0.15, -0.1) is 10.2 Å². The van der Waals surface area contributed by atoms with E-state index >= 15 is 0 Å². The zero-order valence-electron chi connectivity index (χ0n) is 15.2. The first-order valence-corrected chi connectivity index (χ1v) is 10.9. The molecule has 1 saturated heterocycles. The van der Waals surface area contributed by atoms with Gasteiger partial charge < -0.3 is 4.57 Å². The van der Waals surface area contributed by atoms with Gasteiger partial charge in [-0.3, -0.25) is 4.68 Å². The third-order valence-electron chi connectivity index (χ3n) is 5.46. The molecule has 8 nitrogen and oxygen atoms in total. The van der Waals surface area contributed by atoms with Crippen molar-refractivity contribution >= 4 is 10.0 Å². The summed E-state index contributed by atoms with van der Waals surface area (Å²) in [6, 6.07) is 0. The van der Waals surface area contributed by atoms with E-state index in [1.807, 2.05) is 13.3 Å². The van der Waals surface area contributed by atoms with Crippen LogP contribution in [0.1, 0.15) is 38.4 Å². The summed E-state index contributed by atoms with van der Waals surface area (Å²) in [5.41, 5.74) is 0. The SMILES string of the molecule is CCn1cc(S(=O)(=O)N2CCC(Cc3nncn3CC3CC3)CC2)cn1. The number of nitrogens with zero attached hydrogens (tertiary/aromatic N) is 6. The Bertz CT molecular complexity index is 846. The highest BCUT2D eigenvalue weighted by atomic mass is 32.2. The molecule has 142 valence electrons. The van der Waals surface area contributed by atoms with Crippen LogP contribution in [0, 0.1) is 11.8 Å². The molecule has 0 spiro atoms. The number of aromatic nitrogens is 5. The summed E-state index contributed by atoms with van der Waals surface area (Å²) in [4.78, 5) is 0.293. The van der Waals surface area contributed by atoms with Gasteiger partial charge in [-0.2, -0.15) is 9.40 Å². The first-order valence-electron chi connectivity index (χ1n) is 9.45. The highest BCUT2D eigenvalue weighted by molar-refractivity contribution is 7.89. The van der Waals surface area contributed by atoms with E-state index in [0.717, 1.165) is 37.5 Å². The molecule has 0 N–H and O–H groups in total. The van der Waals surface area contributed by atoms with E-state index in [1.165, 1.54) is 19.0 Å². The summed E-state index contributed by atoms with van der Waals surface area (Å²) >= 11 is 0. The topological polar surface area (TPSA) is 85.9 Å². The molecule has 2 aromatic heterocycles. The fourth-order valence-electron chi connectivity index (χ4n) is 3.58. The minimum atomic E-state index is -3.44. The van der Waals surface area contributed by atoms with Crippen molar-refractivity contribution in [3.05, 3.63) is 24.5 Å². The third kappa shape index (κ3) is 3.68. The lowest BCUT2D eigenvalue weighted by molar-refractivity contribution is 0.268. The minimum Gasteiger partial charge on any atom is -0.317 e. The van der Waals surface area contributed by atoms with Crippen molar-refractivity contribution < 1.29 is 8.42 Å². The van der Waals surface area contributed by atoms with E-state index in [2.05, 4.69) is 19.9 Å². The Morgan fingerprint density at radius 3 is 2.58 bits per heavy atom. The maximum atomic E-state index is 12.8. The van der Waals surface area contributed by atoms with Gasteiger partial charge in [0.05, 0.1) is 6.20 Å². The molecule has 0 atom stereocenters. The van der Waals surface area contributed by atoms with E-state index < -0.39 is 10.0 Å². The first kappa shape index (κ1) is 17.7. The first-order chi connectivity index (χ1) is 12.6. The van der Waals surface area contributed by atoms with E-state index in [-0.39, 0.29) is 0 Å². The van der Waals surface area contributed by atoms with Crippen molar-refractivity contribution in [1.82, 2.24) is 28.9 Å². The summed E-state index contributed by atoms with van der Waals surface area (Å²) in [5, 5.41) is 12.5. The lowest BCUT2D eigenvalue weighted by atomic mass is 9.94. The molecule has 3 heterocycles. The van der Waals surface area contributed by atoms with Gasteiger partial charge in [0.1, 0.15) is 17.0 Å². The fourth-order valence-corrected chi connectivity index (χ4v) is 5.00. The van der Waals surface area contributed by atoms with Crippen LogP contribution in [-0.2, 0) is 29.5 Å². The Kier molecular flexibility index (Phi) is 4.83. The molecule has 2 fully saturated rings. The lowest BCUT2D eigenvalue weighted by Crippen LogP contribution is -2.39. The maximum absolute atomic E-state index is 12.8. The van der Waals surface area contributed by atoms with Crippen molar-refractivity contribution in [2.24, 2.45) is 11.8 Å². The van der Waals surface area contributed by atoms with Crippen LogP contribution in [0.2, 0.25) is 0 Å². The smallest absolute Gasteiger partial charge is 0.246 e. The molecule has 4 rings (SSSR count). The third-order valence-corrected chi connectivity index (χ3v) is 7.32. The zero-order valence-corrected chi connectivity index (χ0v) is 16.0. The lowest BCUT2D eigenvalue weighted by Gasteiger charge is -2.30. The Balaban J connectivity index is 1.35. The second-order valence-electron chi connectivity index (χ2n) is 7.43. The summed E-state index contributed by atoms with van der Waals surface area (Å²) in [5.74, 6) is 2.30. The number of aryl methyl sites for hydroxylation is 1. The molecule has 0 radical (unpaired) electrons. The average molecular weight is 379 g/mol. The van der Waals surface area contributed by atoms with Gasteiger partial charge in [0.25, 0.3) is 0 Å². The molecule has 9 heteroatoms. The predicted octanol–water partition coefficient (Wildman–Crippen LogP) is 1.55. The van der Waals surface area contributed by atoms with E-state index in [4.69, 9.17) is 0 Å². The van der Waals surface area contributed by atoms with Crippen molar-refractivity contribution in [2.45, 2.75) is 57.0 Å². The molecule has 1 saturated carbocycles. The average Bonchev–Trinajstić information content (AvgIpc) is 3.14. The summed E-state index contributed by atoms with van der Waals surface area (Å²) in [6.07, 6.45) is 10.1. The molecule has 26 heavy (non-hydrogen) atoms.